The van der Waals surface area contributed by atoms with Gasteiger partial charge in [-0.05, 0) is 24.6 Å². The van der Waals surface area contributed by atoms with E-state index in [0.29, 0.717) is 11.1 Å². The van der Waals surface area contributed by atoms with Crippen LogP contribution in [0, 0.1) is 18.3 Å². The van der Waals surface area contributed by atoms with Gasteiger partial charge in [-0.3, -0.25) is 18.8 Å². The Balaban J connectivity index is 1.85. The summed E-state index contributed by atoms with van der Waals surface area (Å²) in [6.45, 7) is 3.66. The topological polar surface area (TPSA) is 152 Å². The molecule has 1 aromatic carbocycles. The molecule has 11 heteroatoms. The lowest BCUT2D eigenvalue weighted by atomic mass is 9.90. The Morgan fingerprint density at radius 3 is 2.71 bits per heavy atom. The maximum absolute atomic E-state index is 12.8. The Kier molecular flexibility index (Phi) is 5.97. The number of hydrogen-bond donors (Lipinski definition) is 2. The minimum atomic E-state index is -0.796. The molecule has 0 saturated carbocycles. The quantitative estimate of drug-likeness (QED) is 0.446. The van der Waals surface area contributed by atoms with Crippen molar-refractivity contribution in [1.29, 1.82) is 5.26 Å². The van der Waals surface area contributed by atoms with Gasteiger partial charge in [0.1, 0.15) is 17.8 Å². The van der Waals surface area contributed by atoms with E-state index in [1.165, 1.54) is 24.1 Å². The van der Waals surface area contributed by atoms with E-state index in [1.807, 2.05) is 32.0 Å². The van der Waals surface area contributed by atoms with Gasteiger partial charge < -0.3 is 14.9 Å². The van der Waals surface area contributed by atoms with Gasteiger partial charge in [0.05, 0.1) is 29.6 Å². The van der Waals surface area contributed by atoms with Gasteiger partial charge in [-0.1, -0.05) is 30.3 Å². The molecule has 11 nitrogen and oxygen atoms in total. The van der Waals surface area contributed by atoms with Crippen LogP contribution in [0.1, 0.15) is 52.0 Å². The standard InChI is InChI=1S/C23H21N7O4/c1-13-8-9-30(28-13)19(17-7-5-4-6-15(17)10-24)14(2)21-27-18(20(31)23(33)29(21)3)22(32)26-16-11-25-34-12-16/h4-9,11-12,14,19,31H,1-3H3,(H,26,32)/t14-,19+/m0/s1. The van der Waals surface area contributed by atoms with E-state index < -0.39 is 34.9 Å². The van der Waals surface area contributed by atoms with E-state index in [2.05, 4.69) is 26.6 Å². The third-order valence-corrected chi connectivity index (χ3v) is 5.51. The maximum atomic E-state index is 12.8. The lowest BCUT2D eigenvalue weighted by Gasteiger charge is -2.27. The Hall–Kier alpha value is -4.72. The Morgan fingerprint density at radius 1 is 1.29 bits per heavy atom. The number of nitriles is 1. The first kappa shape index (κ1) is 22.5. The summed E-state index contributed by atoms with van der Waals surface area (Å²) in [7, 11) is 1.46. The molecular weight excluding hydrogens is 438 g/mol. The number of carbonyl (C=O) groups is 1. The number of carbonyl (C=O) groups excluding carboxylic acids is 1. The number of hydrogen-bond acceptors (Lipinski definition) is 8. The van der Waals surface area contributed by atoms with Crippen molar-refractivity contribution in [2.75, 3.05) is 5.32 Å². The van der Waals surface area contributed by atoms with Gasteiger partial charge >= 0.3 is 0 Å². The summed E-state index contributed by atoms with van der Waals surface area (Å²) in [5.41, 5.74) is 0.925. The van der Waals surface area contributed by atoms with Crippen LogP contribution in [0.15, 0.2) is 58.3 Å². The summed E-state index contributed by atoms with van der Waals surface area (Å²) in [6.07, 6.45) is 4.26. The van der Waals surface area contributed by atoms with Crippen LogP contribution < -0.4 is 10.9 Å². The zero-order valence-corrected chi connectivity index (χ0v) is 18.6. The Bertz CT molecular complexity index is 1450. The maximum Gasteiger partial charge on any atom is 0.296 e. The smallest absolute Gasteiger partial charge is 0.296 e. The van der Waals surface area contributed by atoms with Crippen molar-refractivity contribution < 1.29 is 14.4 Å². The molecule has 4 rings (SSSR count). The van der Waals surface area contributed by atoms with Crippen LogP contribution in [0.3, 0.4) is 0 Å². The molecule has 2 N–H and O–H groups in total. The number of aromatic nitrogens is 5. The number of amides is 1. The van der Waals surface area contributed by atoms with E-state index in [1.54, 1.807) is 23.0 Å². The second-order valence-corrected chi connectivity index (χ2v) is 7.77. The fourth-order valence-electron chi connectivity index (χ4n) is 3.86. The van der Waals surface area contributed by atoms with Crippen LogP contribution in [0.4, 0.5) is 5.69 Å². The highest BCUT2D eigenvalue weighted by Gasteiger charge is 2.31. The molecule has 4 aromatic rings. The highest BCUT2D eigenvalue weighted by molar-refractivity contribution is 6.04. The van der Waals surface area contributed by atoms with Crippen molar-refractivity contribution in [2.24, 2.45) is 7.05 Å². The molecule has 0 unspecified atom stereocenters. The van der Waals surface area contributed by atoms with Gasteiger partial charge in [0.25, 0.3) is 11.5 Å². The highest BCUT2D eigenvalue weighted by Crippen LogP contribution is 2.35. The molecule has 2 atom stereocenters. The molecule has 172 valence electrons. The zero-order valence-electron chi connectivity index (χ0n) is 18.6. The van der Waals surface area contributed by atoms with Crippen molar-refractivity contribution in [3.63, 3.8) is 0 Å². The number of anilines is 1. The molecule has 1 amide bonds. The lowest BCUT2D eigenvalue weighted by Crippen LogP contribution is -2.31. The van der Waals surface area contributed by atoms with Crippen molar-refractivity contribution in [2.45, 2.75) is 25.8 Å². The fraction of sp³-hybridized carbons (Fsp3) is 0.217. The fourth-order valence-corrected chi connectivity index (χ4v) is 3.86. The molecule has 34 heavy (non-hydrogen) atoms. The second kappa shape index (κ2) is 9.03. The van der Waals surface area contributed by atoms with E-state index in [4.69, 9.17) is 4.52 Å². The van der Waals surface area contributed by atoms with Crippen LogP contribution in [0.25, 0.3) is 0 Å². The SMILES string of the molecule is Cc1ccn([C@@H](c2ccccc2C#N)[C@H](C)c2nc(C(=O)Nc3cnoc3)c(O)c(=O)n2C)n1. The summed E-state index contributed by atoms with van der Waals surface area (Å²) in [5, 5.41) is 30.6. The summed E-state index contributed by atoms with van der Waals surface area (Å²) < 4.78 is 7.58. The van der Waals surface area contributed by atoms with Crippen LogP contribution in [-0.4, -0.2) is 35.5 Å². The molecule has 0 aliphatic heterocycles. The van der Waals surface area contributed by atoms with Crippen LogP contribution in [-0.2, 0) is 7.05 Å². The number of benzene rings is 1. The molecule has 0 aliphatic rings. The number of rotatable bonds is 6. The van der Waals surface area contributed by atoms with E-state index >= 15 is 0 Å². The molecular formula is C23H21N7O4. The van der Waals surface area contributed by atoms with Crippen LogP contribution >= 0.6 is 0 Å². The predicted octanol–water partition coefficient (Wildman–Crippen LogP) is 2.50. The number of nitrogens with one attached hydrogen (secondary N) is 1. The molecule has 0 bridgehead atoms. The minimum Gasteiger partial charge on any atom is -0.501 e. The number of aromatic hydroxyl groups is 1. The van der Waals surface area contributed by atoms with Crippen molar-refractivity contribution in [3.05, 3.63) is 87.7 Å². The van der Waals surface area contributed by atoms with E-state index in [-0.39, 0.29) is 11.5 Å². The number of nitrogens with zero attached hydrogens (tertiary/aromatic N) is 6. The molecule has 0 fully saturated rings. The molecule has 3 aromatic heterocycles. The average Bonchev–Trinajstić information content (AvgIpc) is 3.50. The highest BCUT2D eigenvalue weighted by atomic mass is 16.5. The first-order valence-corrected chi connectivity index (χ1v) is 10.3. The van der Waals surface area contributed by atoms with Gasteiger partial charge in [-0.15, -0.1) is 0 Å². The van der Waals surface area contributed by atoms with Gasteiger partial charge in [0, 0.05) is 19.2 Å². The molecule has 3 heterocycles. The second-order valence-electron chi connectivity index (χ2n) is 7.77. The van der Waals surface area contributed by atoms with Gasteiger partial charge in [0.15, 0.2) is 5.69 Å². The molecule has 0 spiro atoms. The Morgan fingerprint density at radius 2 is 2.06 bits per heavy atom. The van der Waals surface area contributed by atoms with Gasteiger partial charge in [-0.25, -0.2) is 4.98 Å². The van der Waals surface area contributed by atoms with E-state index in [9.17, 15) is 20.0 Å². The van der Waals surface area contributed by atoms with Crippen molar-refractivity contribution in [3.8, 4) is 11.8 Å². The summed E-state index contributed by atoms with van der Waals surface area (Å²) in [4.78, 5) is 30.0. The van der Waals surface area contributed by atoms with Crippen LogP contribution in [0.5, 0.6) is 5.75 Å². The first-order chi connectivity index (χ1) is 16.3. The number of aryl methyl sites for hydroxylation is 1. The van der Waals surface area contributed by atoms with Crippen molar-refractivity contribution in [1.82, 2.24) is 24.5 Å². The zero-order chi connectivity index (χ0) is 24.4. The van der Waals surface area contributed by atoms with Crippen LogP contribution in [0.2, 0.25) is 0 Å². The molecule has 0 radical (unpaired) electrons. The third-order valence-electron chi connectivity index (χ3n) is 5.51. The van der Waals surface area contributed by atoms with Crippen molar-refractivity contribution >= 4 is 11.6 Å². The predicted molar refractivity (Wildman–Crippen MR) is 120 cm³/mol. The normalized spacial score (nSPS) is 12.6. The largest absolute Gasteiger partial charge is 0.501 e. The molecule has 0 aliphatic carbocycles. The van der Waals surface area contributed by atoms with Gasteiger partial charge in [0.2, 0.25) is 5.75 Å². The van der Waals surface area contributed by atoms with Gasteiger partial charge in [-0.2, -0.15) is 10.4 Å². The first-order valence-electron chi connectivity index (χ1n) is 10.3. The lowest BCUT2D eigenvalue weighted by molar-refractivity contribution is 0.101. The minimum absolute atomic E-state index is 0.226. The third kappa shape index (κ3) is 4.04. The summed E-state index contributed by atoms with van der Waals surface area (Å²) >= 11 is 0. The Labute approximate surface area is 193 Å². The summed E-state index contributed by atoms with van der Waals surface area (Å²) in [5.74, 6) is -1.88. The molecule has 0 saturated heterocycles. The summed E-state index contributed by atoms with van der Waals surface area (Å²) in [6, 6.07) is 10.6. The van der Waals surface area contributed by atoms with E-state index in [0.717, 1.165) is 5.69 Å². The average molecular weight is 459 g/mol. The monoisotopic (exact) mass is 459 g/mol.